The summed E-state index contributed by atoms with van der Waals surface area (Å²) < 4.78 is 5.73. The van der Waals surface area contributed by atoms with Crippen LogP contribution < -0.4 is 4.74 Å². The number of aryl methyl sites for hydroxylation is 1. The molecule has 0 bridgehead atoms. The number of nitrogens with zero attached hydrogens (tertiary/aromatic N) is 3. The van der Waals surface area contributed by atoms with Crippen molar-refractivity contribution in [2.45, 2.75) is 39.3 Å². The summed E-state index contributed by atoms with van der Waals surface area (Å²) in [5, 5.41) is 11.2. The van der Waals surface area contributed by atoms with Crippen molar-refractivity contribution in [3.8, 4) is 5.75 Å². The van der Waals surface area contributed by atoms with Crippen molar-refractivity contribution in [1.82, 2.24) is 14.8 Å². The molecule has 2 heterocycles. The van der Waals surface area contributed by atoms with E-state index in [4.69, 9.17) is 4.74 Å². The number of carbonyl (C=O) groups excluding carboxylic acids is 2. The Bertz CT molecular complexity index is 1020. The van der Waals surface area contributed by atoms with Crippen molar-refractivity contribution < 1.29 is 19.4 Å². The number of carbonyl (C=O) groups is 2. The Kier molecular flexibility index (Phi) is 7.30. The second kappa shape index (κ2) is 9.96. The van der Waals surface area contributed by atoms with Crippen molar-refractivity contribution >= 4 is 17.4 Å². The number of hydrogen-bond acceptors (Lipinski definition) is 6. The zero-order chi connectivity index (χ0) is 23.4. The summed E-state index contributed by atoms with van der Waals surface area (Å²) in [6.45, 7) is 6.91. The molecule has 1 N–H and O–H groups in total. The number of amides is 1. The minimum atomic E-state index is -0.670. The predicted molar refractivity (Wildman–Crippen MR) is 123 cm³/mol. The Morgan fingerprint density at radius 2 is 1.88 bits per heavy atom. The van der Waals surface area contributed by atoms with Gasteiger partial charge in [0.25, 0.3) is 11.7 Å². The van der Waals surface area contributed by atoms with Gasteiger partial charge in [0.15, 0.2) is 0 Å². The molecule has 0 saturated carbocycles. The molecule has 170 valence electrons. The summed E-state index contributed by atoms with van der Waals surface area (Å²) in [5.74, 6) is -0.752. The van der Waals surface area contributed by atoms with Crippen LogP contribution in [0.3, 0.4) is 0 Å². The Morgan fingerprint density at radius 3 is 2.47 bits per heavy atom. The number of benzene rings is 1. The Hall–Kier alpha value is -3.19. The molecule has 1 aromatic heterocycles. The van der Waals surface area contributed by atoms with Gasteiger partial charge in [-0.2, -0.15) is 0 Å². The summed E-state index contributed by atoms with van der Waals surface area (Å²) >= 11 is 0. The molecule has 1 unspecified atom stereocenters. The summed E-state index contributed by atoms with van der Waals surface area (Å²) in [5.41, 5.74) is 2.11. The zero-order valence-corrected chi connectivity index (χ0v) is 19.3. The molecule has 7 heteroatoms. The lowest BCUT2D eigenvalue weighted by Gasteiger charge is -2.26. The Labute approximate surface area is 189 Å². The van der Waals surface area contributed by atoms with Crippen LogP contribution in [0, 0.1) is 6.92 Å². The highest BCUT2D eigenvalue weighted by Crippen LogP contribution is 2.40. The van der Waals surface area contributed by atoms with E-state index in [1.54, 1.807) is 41.6 Å². The molecule has 3 rings (SSSR count). The zero-order valence-electron chi connectivity index (χ0n) is 19.3. The van der Waals surface area contributed by atoms with Gasteiger partial charge >= 0.3 is 0 Å². The lowest BCUT2D eigenvalue weighted by atomic mass is 9.94. The van der Waals surface area contributed by atoms with Crippen molar-refractivity contribution in [2.75, 3.05) is 27.2 Å². The number of pyridine rings is 1. The molecule has 32 heavy (non-hydrogen) atoms. The molecular formula is C25H31N3O4. The van der Waals surface area contributed by atoms with Crippen molar-refractivity contribution in [3.63, 3.8) is 0 Å². The van der Waals surface area contributed by atoms with Crippen LogP contribution in [0.1, 0.15) is 43.0 Å². The van der Waals surface area contributed by atoms with Gasteiger partial charge in [-0.05, 0) is 89.3 Å². The number of rotatable bonds is 8. The number of Topliss-reactive ketones (excluding diaryl/α,β-unsaturated/α-hetero) is 1. The normalized spacial score (nSPS) is 18.1. The third-order valence-corrected chi connectivity index (χ3v) is 5.39. The van der Waals surface area contributed by atoms with E-state index in [0.29, 0.717) is 24.3 Å². The lowest BCUT2D eigenvalue weighted by Crippen LogP contribution is -2.32. The first kappa shape index (κ1) is 23.5. The van der Waals surface area contributed by atoms with Crippen LogP contribution in [0.25, 0.3) is 5.76 Å². The fraction of sp³-hybridized carbons (Fsp3) is 0.400. The average molecular weight is 438 g/mol. The van der Waals surface area contributed by atoms with Crippen LogP contribution in [0.2, 0.25) is 0 Å². The van der Waals surface area contributed by atoms with Crippen molar-refractivity contribution in [2.24, 2.45) is 0 Å². The van der Waals surface area contributed by atoms with Crippen molar-refractivity contribution in [1.29, 1.82) is 0 Å². The van der Waals surface area contributed by atoms with Crippen molar-refractivity contribution in [3.05, 3.63) is 65.0 Å². The fourth-order valence-corrected chi connectivity index (χ4v) is 3.95. The highest BCUT2D eigenvalue weighted by molar-refractivity contribution is 6.46. The third kappa shape index (κ3) is 4.99. The minimum Gasteiger partial charge on any atom is -0.507 e. The lowest BCUT2D eigenvalue weighted by molar-refractivity contribution is -0.139. The molecule has 0 radical (unpaired) electrons. The van der Waals surface area contributed by atoms with E-state index >= 15 is 0 Å². The van der Waals surface area contributed by atoms with E-state index in [1.165, 1.54) is 0 Å². The van der Waals surface area contributed by atoms with Crippen LogP contribution in [0.15, 0.2) is 48.3 Å². The van der Waals surface area contributed by atoms with Gasteiger partial charge in [-0.3, -0.25) is 14.6 Å². The fourth-order valence-electron chi connectivity index (χ4n) is 3.95. The molecule has 0 spiro atoms. The maximum atomic E-state index is 13.1. The average Bonchev–Trinajstić information content (AvgIpc) is 2.98. The summed E-state index contributed by atoms with van der Waals surface area (Å²) in [7, 11) is 3.92. The first-order chi connectivity index (χ1) is 15.2. The van der Waals surface area contributed by atoms with Crippen LogP contribution in [0.4, 0.5) is 0 Å². The van der Waals surface area contributed by atoms with Crippen LogP contribution in [-0.2, 0) is 9.59 Å². The van der Waals surface area contributed by atoms with E-state index in [9.17, 15) is 14.7 Å². The van der Waals surface area contributed by atoms with Gasteiger partial charge in [0.1, 0.15) is 11.5 Å². The number of likely N-dealkylation sites (tertiary alicyclic amines) is 1. The van der Waals surface area contributed by atoms with E-state index in [1.807, 2.05) is 45.8 Å². The first-order valence-corrected chi connectivity index (χ1v) is 10.8. The highest BCUT2D eigenvalue weighted by atomic mass is 16.5. The molecule has 7 nitrogen and oxygen atoms in total. The Morgan fingerprint density at radius 1 is 1.19 bits per heavy atom. The van der Waals surface area contributed by atoms with E-state index in [0.717, 1.165) is 17.7 Å². The molecule has 1 aromatic carbocycles. The number of aromatic nitrogens is 1. The predicted octanol–water partition coefficient (Wildman–Crippen LogP) is 3.55. The highest BCUT2D eigenvalue weighted by Gasteiger charge is 2.45. The molecular weight excluding hydrogens is 406 g/mol. The van der Waals surface area contributed by atoms with Gasteiger partial charge < -0.3 is 19.6 Å². The molecule has 1 aliphatic rings. The van der Waals surface area contributed by atoms with Gasteiger partial charge in [-0.15, -0.1) is 0 Å². The van der Waals surface area contributed by atoms with E-state index in [2.05, 4.69) is 4.98 Å². The molecule has 1 saturated heterocycles. The monoisotopic (exact) mass is 437 g/mol. The SMILES string of the molecule is Cc1cc(OC(C)C)ccc1C(O)=C1C(=O)C(=O)N(CCCN(C)C)C1c1ccncc1. The van der Waals surface area contributed by atoms with E-state index < -0.39 is 17.7 Å². The van der Waals surface area contributed by atoms with Gasteiger partial charge in [0, 0.05) is 24.5 Å². The van der Waals surface area contributed by atoms with Crippen LogP contribution in [0.5, 0.6) is 5.75 Å². The molecule has 1 aliphatic heterocycles. The number of aliphatic hydroxyl groups excluding tert-OH is 1. The summed E-state index contributed by atoms with van der Waals surface area (Å²) in [6, 6.07) is 8.20. The largest absolute Gasteiger partial charge is 0.507 e. The molecule has 2 aromatic rings. The smallest absolute Gasteiger partial charge is 0.295 e. The maximum Gasteiger partial charge on any atom is 0.295 e. The van der Waals surface area contributed by atoms with E-state index in [-0.39, 0.29) is 17.4 Å². The number of ketones is 1. The standard InChI is InChI=1S/C25H31N3O4/c1-16(2)32-19-7-8-20(17(3)15-19)23(29)21-22(18-9-11-26-12-10-18)28(25(31)24(21)30)14-6-13-27(4)5/h7-12,15-16,22,29H,6,13-14H2,1-5H3. The molecule has 1 fully saturated rings. The minimum absolute atomic E-state index is 0.0213. The van der Waals surface area contributed by atoms with Gasteiger partial charge in [-0.25, -0.2) is 0 Å². The van der Waals surface area contributed by atoms with Gasteiger partial charge in [0.2, 0.25) is 0 Å². The Balaban J connectivity index is 2.06. The van der Waals surface area contributed by atoms with Gasteiger partial charge in [-0.1, -0.05) is 0 Å². The second-order valence-corrected chi connectivity index (χ2v) is 8.57. The maximum absolute atomic E-state index is 13.1. The number of hydrogen-bond donors (Lipinski definition) is 1. The molecule has 1 atom stereocenters. The summed E-state index contributed by atoms with van der Waals surface area (Å²) in [4.78, 5) is 33.7. The van der Waals surface area contributed by atoms with Crippen LogP contribution in [-0.4, -0.2) is 64.9 Å². The molecule has 0 aliphatic carbocycles. The van der Waals surface area contributed by atoms with Crippen LogP contribution >= 0.6 is 0 Å². The first-order valence-electron chi connectivity index (χ1n) is 10.8. The summed E-state index contributed by atoms with van der Waals surface area (Å²) in [6.07, 6.45) is 3.98. The molecule has 1 amide bonds. The topological polar surface area (TPSA) is 83.0 Å². The number of ether oxygens (including phenoxy) is 1. The third-order valence-electron chi connectivity index (χ3n) is 5.39. The van der Waals surface area contributed by atoms with Gasteiger partial charge in [0.05, 0.1) is 17.7 Å². The number of aliphatic hydroxyl groups is 1. The quantitative estimate of drug-likeness (QED) is 0.386. The second-order valence-electron chi connectivity index (χ2n) is 8.57.